The van der Waals surface area contributed by atoms with Crippen molar-refractivity contribution in [2.45, 2.75) is 0 Å². The molecular formula is C17H15N3OS. The molecule has 1 amide bonds. The first kappa shape index (κ1) is 13.5. The van der Waals surface area contributed by atoms with Crippen LogP contribution >= 0.6 is 11.8 Å². The molecule has 2 heterocycles. The molecule has 1 fully saturated rings. The molecule has 3 aromatic rings. The molecule has 2 aromatic carbocycles. The number of hydrogen-bond acceptors (Lipinski definition) is 4. The van der Waals surface area contributed by atoms with Gasteiger partial charge in [0, 0.05) is 30.2 Å². The van der Waals surface area contributed by atoms with Gasteiger partial charge in [0.15, 0.2) is 0 Å². The fourth-order valence-corrected chi connectivity index (χ4v) is 3.61. The summed E-state index contributed by atoms with van der Waals surface area (Å²) in [7, 11) is 0. The van der Waals surface area contributed by atoms with Crippen LogP contribution in [0.15, 0.2) is 42.5 Å². The second-order valence-corrected chi connectivity index (χ2v) is 6.55. The van der Waals surface area contributed by atoms with E-state index in [-0.39, 0.29) is 5.91 Å². The SMILES string of the molecule is O=C(c1ccc2nc3ccccc3nc2c1)N1CCSCC1. The summed E-state index contributed by atoms with van der Waals surface area (Å²) in [5, 5.41) is 0. The number of rotatable bonds is 1. The van der Waals surface area contributed by atoms with Crippen molar-refractivity contribution in [3.8, 4) is 0 Å². The van der Waals surface area contributed by atoms with Gasteiger partial charge in [-0.15, -0.1) is 0 Å². The monoisotopic (exact) mass is 309 g/mol. The highest BCUT2D eigenvalue weighted by atomic mass is 32.2. The number of carbonyl (C=O) groups excluding carboxylic acids is 1. The van der Waals surface area contributed by atoms with E-state index >= 15 is 0 Å². The van der Waals surface area contributed by atoms with E-state index in [1.807, 2.05) is 59.1 Å². The van der Waals surface area contributed by atoms with E-state index in [2.05, 4.69) is 9.97 Å². The molecule has 4 nitrogen and oxygen atoms in total. The Kier molecular flexibility index (Phi) is 3.42. The molecule has 0 atom stereocenters. The summed E-state index contributed by atoms with van der Waals surface area (Å²) < 4.78 is 0. The van der Waals surface area contributed by atoms with Crippen LogP contribution in [0.2, 0.25) is 0 Å². The molecule has 0 bridgehead atoms. The van der Waals surface area contributed by atoms with Crippen LogP contribution in [0, 0.1) is 0 Å². The molecular weight excluding hydrogens is 294 g/mol. The highest BCUT2D eigenvalue weighted by Gasteiger charge is 2.18. The fourth-order valence-electron chi connectivity index (χ4n) is 2.70. The molecule has 1 aliphatic rings. The quantitative estimate of drug-likeness (QED) is 0.648. The van der Waals surface area contributed by atoms with Gasteiger partial charge in [-0.2, -0.15) is 11.8 Å². The zero-order chi connectivity index (χ0) is 14.9. The van der Waals surface area contributed by atoms with Gasteiger partial charge in [0.2, 0.25) is 0 Å². The number of hydrogen-bond donors (Lipinski definition) is 0. The summed E-state index contributed by atoms with van der Waals surface area (Å²) in [5.41, 5.74) is 4.03. The van der Waals surface area contributed by atoms with Crippen LogP contribution in [-0.2, 0) is 0 Å². The average Bonchev–Trinajstić information content (AvgIpc) is 2.59. The van der Waals surface area contributed by atoms with Gasteiger partial charge in [0.25, 0.3) is 5.91 Å². The van der Waals surface area contributed by atoms with E-state index < -0.39 is 0 Å². The van der Waals surface area contributed by atoms with Crippen molar-refractivity contribution < 1.29 is 4.79 Å². The fraction of sp³-hybridized carbons (Fsp3) is 0.235. The lowest BCUT2D eigenvalue weighted by atomic mass is 10.1. The Hall–Kier alpha value is -2.14. The Morgan fingerprint density at radius 2 is 1.55 bits per heavy atom. The molecule has 0 N–H and O–H groups in total. The molecule has 22 heavy (non-hydrogen) atoms. The van der Waals surface area contributed by atoms with E-state index in [9.17, 15) is 4.79 Å². The first-order valence-corrected chi connectivity index (χ1v) is 8.50. The smallest absolute Gasteiger partial charge is 0.253 e. The molecule has 4 rings (SSSR count). The molecule has 1 aliphatic heterocycles. The van der Waals surface area contributed by atoms with Crippen LogP contribution in [0.3, 0.4) is 0 Å². The summed E-state index contributed by atoms with van der Waals surface area (Å²) in [4.78, 5) is 23.7. The molecule has 0 unspecified atom stereocenters. The zero-order valence-electron chi connectivity index (χ0n) is 12.0. The van der Waals surface area contributed by atoms with Crippen LogP contribution in [-0.4, -0.2) is 45.4 Å². The number of thioether (sulfide) groups is 1. The molecule has 5 heteroatoms. The molecule has 0 saturated carbocycles. The van der Waals surface area contributed by atoms with E-state index in [1.165, 1.54) is 0 Å². The minimum absolute atomic E-state index is 0.0946. The minimum Gasteiger partial charge on any atom is -0.337 e. The Labute approximate surface area is 132 Å². The van der Waals surface area contributed by atoms with Crippen molar-refractivity contribution in [3.05, 3.63) is 48.0 Å². The lowest BCUT2D eigenvalue weighted by molar-refractivity contribution is 0.0772. The second kappa shape index (κ2) is 5.57. The molecule has 1 saturated heterocycles. The van der Waals surface area contributed by atoms with Crippen molar-refractivity contribution >= 4 is 39.7 Å². The maximum absolute atomic E-state index is 12.6. The highest BCUT2D eigenvalue weighted by Crippen LogP contribution is 2.19. The third kappa shape index (κ3) is 2.41. The van der Waals surface area contributed by atoms with E-state index in [0.29, 0.717) is 5.56 Å². The lowest BCUT2D eigenvalue weighted by Crippen LogP contribution is -2.37. The number of aromatic nitrogens is 2. The zero-order valence-corrected chi connectivity index (χ0v) is 12.8. The standard InChI is InChI=1S/C17H15N3OS/c21-17(20-7-9-22-10-8-20)12-5-6-15-16(11-12)19-14-4-2-1-3-13(14)18-15/h1-6,11H,7-10H2. The van der Waals surface area contributed by atoms with Crippen molar-refractivity contribution in [2.75, 3.05) is 24.6 Å². The van der Waals surface area contributed by atoms with Gasteiger partial charge in [-0.1, -0.05) is 12.1 Å². The van der Waals surface area contributed by atoms with E-state index in [1.54, 1.807) is 0 Å². The van der Waals surface area contributed by atoms with Crippen LogP contribution in [0.1, 0.15) is 10.4 Å². The first-order valence-electron chi connectivity index (χ1n) is 7.35. The van der Waals surface area contributed by atoms with Crippen LogP contribution in [0.25, 0.3) is 22.1 Å². The second-order valence-electron chi connectivity index (χ2n) is 5.32. The Balaban J connectivity index is 1.76. The summed E-state index contributed by atoms with van der Waals surface area (Å²) in [6.07, 6.45) is 0. The Bertz CT molecular complexity index is 859. The minimum atomic E-state index is 0.0946. The van der Waals surface area contributed by atoms with Gasteiger partial charge < -0.3 is 4.90 Å². The average molecular weight is 309 g/mol. The molecule has 0 spiro atoms. The largest absolute Gasteiger partial charge is 0.337 e. The number of benzene rings is 2. The Morgan fingerprint density at radius 3 is 2.27 bits per heavy atom. The van der Waals surface area contributed by atoms with Gasteiger partial charge in [-0.25, -0.2) is 9.97 Å². The van der Waals surface area contributed by atoms with Crippen molar-refractivity contribution in [1.29, 1.82) is 0 Å². The maximum Gasteiger partial charge on any atom is 0.253 e. The van der Waals surface area contributed by atoms with Crippen molar-refractivity contribution in [2.24, 2.45) is 0 Å². The summed E-state index contributed by atoms with van der Waals surface area (Å²) >= 11 is 1.90. The number of amides is 1. The van der Waals surface area contributed by atoms with E-state index in [4.69, 9.17) is 0 Å². The molecule has 110 valence electrons. The van der Waals surface area contributed by atoms with Crippen molar-refractivity contribution in [1.82, 2.24) is 14.9 Å². The van der Waals surface area contributed by atoms with Gasteiger partial charge in [-0.3, -0.25) is 4.79 Å². The molecule has 1 aromatic heterocycles. The van der Waals surface area contributed by atoms with Gasteiger partial charge >= 0.3 is 0 Å². The Morgan fingerprint density at radius 1 is 0.909 bits per heavy atom. The van der Waals surface area contributed by atoms with E-state index in [0.717, 1.165) is 46.7 Å². The first-order chi connectivity index (χ1) is 10.8. The lowest BCUT2D eigenvalue weighted by Gasteiger charge is -2.26. The van der Waals surface area contributed by atoms with Crippen molar-refractivity contribution in [3.63, 3.8) is 0 Å². The molecule has 0 radical (unpaired) electrons. The summed E-state index contributed by atoms with van der Waals surface area (Å²) in [5.74, 6) is 2.13. The van der Waals surface area contributed by atoms with Gasteiger partial charge in [0.1, 0.15) is 0 Å². The summed E-state index contributed by atoms with van der Waals surface area (Å²) in [6, 6.07) is 13.4. The summed E-state index contributed by atoms with van der Waals surface area (Å²) in [6.45, 7) is 1.65. The highest BCUT2D eigenvalue weighted by molar-refractivity contribution is 7.99. The number of nitrogens with zero attached hydrogens (tertiary/aromatic N) is 3. The van der Waals surface area contributed by atoms with Crippen LogP contribution < -0.4 is 0 Å². The maximum atomic E-state index is 12.6. The topological polar surface area (TPSA) is 46.1 Å². The molecule has 0 aliphatic carbocycles. The predicted octanol–water partition coefficient (Wildman–Crippen LogP) is 2.97. The third-order valence-electron chi connectivity index (χ3n) is 3.88. The van der Waals surface area contributed by atoms with Gasteiger partial charge in [-0.05, 0) is 30.3 Å². The van der Waals surface area contributed by atoms with Crippen LogP contribution in [0.4, 0.5) is 0 Å². The number of para-hydroxylation sites is 2. The normalized spacial score (nSPS) is 15.4. The number of fused-ring (bicyclic) bond motifs is 2. The third-order valence-corrected chi connectivity index (χ3v) is 4.83. The number of carbonyl (C=O) groups is 1. The predicted molar refractivity (Wildman–Crippen MR) is 90.3 cm³/mol. The van der Waals surface area contributed by atoms with Gasteiger partial charge in [0.05, 0.1) is 22.1 Å². The van der Waals surface area contributed by atoms with Crippen LogP contribution in [0.5, 0.6) is 0 Å².